The number of halogens is 1. The van der Waals surface area contributed by atoms with Gasteiger partial charge in [-0.2, -0.15) is 0 Å². The van der Waals surface area contributed by atoms with Gasteiger partial charge >= 0.3 is 0 Å². The zero-order valence-corrected chi connectivity index (χ0v) is 18.8. The molecule has 2 N–H and O–H groups in total. The molecule has 2 aromatic rings. The lowest BCUT2D eigenvalue weighted by atomic mass is 10.0. The van der Waals surface area contributed by atoms with Crippen molar-refractivity contribution in [2.75, 3.05) is 31.6 Å². The van der Waals surface area contributed by atoms with E-state index in [2.05, 4.69) is 15.5 Å². The number of benzene rings is 2. The molecule has 0 bridgehead atoms. The maximum atomic E-state index is 12.9. The van der Waals surface area contributed by atoms with Crippen molar-refractivity contribution in [3.63, 3.8) is 0 Å². The number of ether oxygens (including phenoxy) is 1. The lowest BCUT2D eigenvalue weighted by molar-refractivity contribution is -0.118. The average Bonchev–Trinajstić information content (AvgIpc) is 2.75. The van der Waals surface area contributed by atoms with Gasteiger partial charge in [-0.3, -0.25) is 14.5 Å². The van der Waals surface area contributed by atoms with Crippen LogP contribution in [0.25, 0.3) is 0 Å². The number of morpholine rings is 1. The van der Waals surface area contributed by atoms with E-state index in [1.165, 1.54) is 5.56 Å². The highest BCUT2D eigenvalue weighted by Gasteiger charge is 2.23. The summed E-state index contributed by atoms with van der Waals surface area (Å²) < 4.78 is 5.39. The fourth-order valence-electron chi connectivity index (χ4n) is 3.49. The summed E-state index contributed by atoms with van der Waals surface area (Å²) in [6.45, 7) is 8.32. The molecule has 0 spiro atoms. The van der Waals surface area contributed by atoms with Gasteiger partial charge in [-0.05, 0) is 54.3 Å². The standard InChI is InChI=1S/C24H30ClN3O3/c1-17(2)15-22(27-23(29)19-5-7-20(25)8-6-19)24(30)26-21-9-3-18(4-10-21)16-28-11-13-31-14-12-28/h3-10,17,22H,11-16H2,1-2H3,(H,26,30)(H,27,29). The molecule has 1 heterocycles. The van der Waals surface area contributed by atoms with Crippen LogP contribution in [-0.4, -0.2) is 49.1 Å². The predicted molar refractivity (Wildman–Crippen MR) is 123 cm³/mol. The van der Waals surface area contributed by atoms with E-state index in [-0.39, 0.29) is 17.7 Å². The van der Waals surface area contributed by atoms with Crippen LogP contribution < -0.4 is 10.6 Å². The second-order valence-corrected chi connectivity index (χ2v) is 8.67. The molecule has 1 unspecified atom stereocenters. The topological polar surface area (TPSA) is 70.7 Å². The SMILES string of the molecule is CC(C)CC(NC(=O)c1ccc(Cl)cc1)C(=O)Nc1ccc(CN2CCOCC2)cc1. The first-order valence-corrected chi connectivity index (χ1v) is 11.0. The number of nitrogens with zero attached hydrogens (tertiary/aromatic N) is 1. The number of carbonyl (C=O) groups is 2. The Hall–Kier alpha value is -2.41. The van der Waals surface area contributed by atoms with Crippen LogP contribution in [-0.2, 0) is 16.1 Å². The van der Waals surface area contributed by atoms with Crippen molar-refractivity contribution in [2.24, 2.45) is 5.92 Å². The van der Waals surface area contributed by atoms with Crippen LogP contribution in [0.15, 0.2) is 48.5 Å². The van der Waals surface area contributed by atoms with Gasteiger partial charge in [-0.25, -0.2) is 0 Å². The molecule has 31 heavy (non-hydrogen) atoms. The van der Waals surface area contributed by atoms with Gasteiger partial charge in [0.2, 0.25) is 5.91 Å². The Morgan fingerprint density at radius 1 is 1.03 bits per heavy atom. The number of nitrogens with one attached hydrogen (secondary N) is 2. The van der Waals surface area contributed by atoms with E-state index in [4.69, 9.17) is 16.3 Å². The van der Waals surface area contributed by atoms with Crippen molar-refractivity contribution in [1.82, 2.24) is 10.2 Å². The number of hydrogen-bond donors (Lipinski definition) is 2. The third-order valence-electron chi connectivity index (χ3n) is 5.17. The zero-order chi connectivity index (χ0) is 22.2. The molecule has 166 valence electrons. The fourth-order valence-corrected chi connectivity index (χ4v) is 3.61. The normalized spacial score (nSPS) is 15.5. The predicted octanol–water partition coefficient (Wildman–Crippen LogP) is 3.96. The molecule has 1 fully saturated rings. The second kappa shape index (κ2) is 11.3. The lowest BCUT2D eigenvalue weighted by Crippen LogP contribution is -2.44. The highest BCUT2D eigenvalue weighted by atomic mass is 35.5. The summed E-state index contributed by atoms with van der Waals surface area (Å²) in [6.07, 6.45) is 0.542. The van der Waals surface area contributed by atoms with Crippen molar-refractivity contribution in [1.29, 1.82) is 0 Å². The maximum Gasteiger partial charge on any atom is 0.251 e. The van der Waals surface area contributed by atoms with Gasteiger partial charge in [0.1, 0.15) is 6.04 Å². The van der Waals surface area contributed by atoms with E-state index in [1.807, 2.05) is 38.1 Å². The van der Waals surface area contributed by atoms with E-state index >= 15 is 0 Å². The second-order valence-electron chi connectivity index (χ2n) is 8.24. The summed E-state index contributed by atoms with van der Waals surface area (Å²) in [5, 5.41) is 6.35. The van der Waals surface area contributed by atoms with Gasteiger partial charge in [0.05, 0.1) is 13.2 Å². The molecule has 7 heteroatoms. The molecule has 1 atom stereocenters. The Morgan fingerprint density at radius 3 is 2.29 bits per heavy atom. The van der Waals surface area contributed by atoms with Gasteiger partial charge in [0, 0.05) is 35.9 Å². The van der Waals surface area contributed by atoms with Crippen molar-refractivity contribution >= 4 is 29.1 Å². The zero-order valence-electron chi connectivity index (χ0n) is 18.1. The lowest BCUT2D eigenvalue weighted by Gasteiger charge is -2.26. The van der Waals surface area contributed by atoms with Crippen molar-refractivity contribution in [3.05, 3.63) is 64.7 Å². The Balaban J connectivity index is 1.60. The number of amides is 2. The van der Waals surface area contributed by atoms with Gasteiger partial charge < -0.3 is 15.4 Å². The number of anilines is 1. The largest absolute Gasteiger partial charge is 0.379 e. The first kappa shape index (κ1) is 23.3. The summed E-state index contributed by atoms with van der Waals surface area (Å²) in [7, 11) is 0. The molecule has 1 aliphatic rings. The Morgan fingerprint density at radius 2 is 1.68 bits per heavy atom. The van der Waals surface area contributed by atoms with Gasteiger partial charge in [0.15, 0.2) is 0 Å². The monoisotopic (exact) mass is 443 g/mol. The first-order valence-electron chi connectivity index (χ1n) is 10.7. The molecule has 1 saturated heterocycles. The minimum Gasteiger partial charge on any atom is -0.379 e. The van der Waals surface area contributed by atoms with Crippen LogP contribution in [0.4, 0.5) is 5.69 Å². The smallest absolute Gasteiger partial charge is 0.251 e. The van der Waals surface area contributed by atoms with E-state index in [0.717, 1.165) is 32.8 Å². The van der Waals surface area contributed by atoms with Crippen molar-refractivity contribution < 1.29 is 14.3 Å². The molecule has 0 aliphatic carbocycles. The molecule has 0 aromatic heterocycles. The highest BCUT2D eigenvalue weighted by Crippen LogP contribution is 2.15. The molecule has 1 aliphatic heterocycles. The molecule has 6 nitrogen and oxygen atoms in total. The maximum absolute atomic E-state index is 12.9. The summed E-state index contributed by atoms with van der Waals surface area (Å²) in [4.78, 5) is 27.8. The van der Waals surface area contributed by atoms with Crippen LogP contribution in [0.5, 0.6) is 0 Å². The van der Waals surface area contributed by atoms with Gasteiger partial charge in [-0.15, -0.1) is 0 Å². The Labute approximate surface area is 188 Å². The third kappa shape index (κ3) is 7.35. The van der Waals surface area contributed by atoms with Gasteiger partial charge in [-0.1, -0.05) is 37.6 Å². The molecule has 2 amide bonds. The summed E-state index contributed by atoms with van der Waals surface area (Å²) in [6, 6.07) is 13.8. The van der Waals surface area contributed by atoms with Crippen LogP contribution in [0.3, 0.4) is 0 Å². The molecular weight excluding hydrogens is 414 g/mol. The van der Waals surface area contributed by atoms with Gasteiger partial charge in [0.25, 0.3) is 5.91 Å². The summed E-state index contributed by atoms with van der Waals surface area (Å²) >= 11 is 5.89. The van der Waals surface area contributed by atoms with E-state index < -0.39 is 6.04 Å². The highest BCUT2D eigenvalue weighted by molar-refractivity contribution is 6.30. The van der Waals surface area contributed by atoms with E-state index in [1.54, 1.807) is 24.3 Å². The number of carbonyl (C=O) groups excluding carboxylic acids is 2. The minimum absolute atomic E-state index is 0.225. The fraction of sp³-hybridized carbons (Fsp3) is 0.417. The van der Waals surface area contributed by atoms with Crippen molar-refractivity contribution in [3.8, 4) is 0 Å². The Bertz CT molecular complexity index is 863. The van der Waals surface area contributed by atoms with E-state index in [9.17, 15) is 9.59 Å². The average molecular weight is 444 g/mol. The Kier molecular flexibility index (Phi) is 8.46. The number of rotatable bonds is 8. The minimum atomic E-state index is -0.629. The van der Waals surface area contributed by atoms with Crippen LogP contribution >= 0.6 is 11.6 Å². The quantitative estimate of drug-likeness (QED) is 0.648. The first-order chi connectivity index (χ1) is 14.9. The molecule has 0 radical (unpaired) electrons. The molecule has 0 saturated carbocycles. The third-order valence-corrected chi connectivity index (χ3v) is 5.42. The van der Waals surface area contributed by atoms with Crippen LogP contribution in [0.1, 0.15) is 36.2 Å². The summed E-state index contributed by atoms with van der Waals surface area (Å²) in [5.41, 5.74) is 2.37. The van der Waals surface area contributed by atoms with E-state index in [0.29, 0.717) is 22.7 Å². The number of hydrogen-bond acceptors (Lipinski definition) is 4. The summed E-state index contributed by atoms with van der Waals surface area (Å²) in [5.74, 6) is -0.271. The molecule has 3 rings (SSSR count). The molecule has 2 aromatic carbocycles. The van der Waals surface area contributed by atoms with Crippen LogP contribution in [0.2, 0.25) is 5.02 Å². The molecular formula is C24H30ClN3O3. The van der Waals surface area contributed by atoms with Crippen LogP contribution in [0, 0.1) is 5.92 Å². The van der Waals surface area contributed by atoms with Crippen molar-refractivity contribution in [2.45, 2.75) is 32.9 Å².